The van der Waals surface area contributed by atoms with Gasteiger partial charge in [-0.25, -0.2) is 4.68 Å². The highest BCUT2D eigenvalue weighted by Crippen LogP contribution is 2.44. The number of nitrogens with one attached hydrogen (secondary N) is 2. The van der Waals surface area contributed by atoms with Gasteiger partial charge in [-0.05, 0) is 24.7 Å². The van der Waals surface area contributed by atoms with Gasteiger partial charge in [0.05, 0.1) is 12.2 Å². The molecular formula is C24H35F3N4OS. The van der Waals surface area contributed by atoms with E-state index in [1.807, 2.05) is 13.0 Å². The van der Waals surface area contributed by atoms with Gasteiger partial charge in [0.1, 0.15) is 11.4 Å². The van der Waals surface area contributed by atoms with Crippen molar-refractivity contribution in [2.24, 2.45) is 0 Å². The Balaban J connectivity index is 0.00000187. The van der Waals surface area contributed by atoms with E-state index in [1.165, 1.54) is 6.20 Å². The first-order valence-electron chi connectivity index (χ1n) is 11.6. The molecule has 0 spiro atoms. The van der Waals surface area contributed by atoms with Crippen molar-refractivity contribution in [3.63, 3.8) is 0 Å². The maximum absolute atomic E-state index is 13.8. The third-order valence-corrected chi connectivity index (χ3v) is 5.92. The SMILES string of the molecule is CCCCCCC(CC)NC(=O)c1cnn2c1NC(c1ccccc1)CC2C(F)(F)F.CS. The second kappa shape index (κ2) is 12.9. The molecule has 184 valence electrons. The van der Waals surface area contributed by atoms with E-state index in [-0.39, 0.29) is 29.8 Å². The van der Waals surface area contributed by atoms with Crippen molar-refractivity contribution in [1.29, 1.82) is 0 Å². The van der Waals surface area contributed by atoms with Crippen molar-refractivity contribution in [3.05, 3.63) is 47.7 Å². The Morgan fingerprint density at radius 3 is 2.52 bits per heavy atom. The number of anilines is 1. The molecule has 2 aromatic rings. The highest BCUT2D eigenvalue weighted by atomic mass is 32.1. The van der Waals surface area contributed by atoms with Crippen LogP contribution in [0.1, 0.15) is 86.8 Å². The molecule has 1 aromatic carbocycles. The Morgan fingerprint density at radius 1 is 1.21 bits per heavy atom. The minimum absolute atomic E-state index is 0.00756. The quantitative estimate of drug-likeness (QED) is 0.279. The smallest absolute Gasteiger partial charge is 0.363 e. The highest BCUT2D eigenvalue weighted by Gasteiger charge is 2.47. The molecule has 0 radical (unpaired) electrons. The summed E-state index contributed by atoms with van der Waals surface area (Å²) in [5.74, 6) is -0.258. The third kappa shape index (κ3) is 7.16. The summed E-state index contributed by atoms with van der Waals surface area (Å²) in [6.07, 6.45) is 4.35. The summed E-state index contributed by atoms with van der Waals surface area (Å²) in [6, 6.07) is 6.65. The van der Waals surface area contributed by atoms with Gasteiger partial charge >= 0.3 is 6.18 Å². The van der Waals surface area contributed by atoms with Gasteiger partial charge in [-0.3, -0.25) is 4.79 Å². The fraction of sp³-hybridized carbons (Fsp3) is 0.583. The van der Waals surface area contributed by atoms with Crippen LogP contribution in [0.3, 0.4) is 0 Å². The van der Waals surface area contributed by atoms with E-state index in [0.717, 1.165) is 48.8 Å². The number of alkyl halides is 3. The number of thiol groups is 1. The van der Waals surface area contributed by atoms with Crippen LogP contribution in [0.4, 0.5) is 19.0 Å². The van der Waals surface area contributed by atoms with E-state index in [2.05, 4.69) is 35.3 Å². The number of halogens is 3. The van der Waals surface area contributed by atoms with Crippen LogP contribution in [0.2, 0.25) is 0 Å². The Bertz CT molecular complexity index is 857. The lowest BCUT2D eigenvalue weighted by Crippen LogP contribution is -2.38. The molecule has 5 nitrogen and oxygen atoms in total. The maximum atomic E-state index is 13.8. The first-order chi connectivity index (χ1) is 15.8. The van der Waals surface area contributed by atoms with Gasteiger partial charge in [-0.1, -0.05) is 69.9 Å². The third-order valence-electron chi connectivity index (χ3n) is 5.92. The van der Waals surface area contributed by atoms with Gasteiger partial charge < -0.3 is 10.6 Å². The van der Waals surface area contributed by atoms with Crippen LogP contribution in [0.25, 0.3) is 0 Å². The molecule has 9 heteroatoms. The fourth-order valence-electron chi connectivity index (χ4n) is 4.09. The van der Waals surface area contributed by atoms with Crippen LogP contribution in [-0.2, 0) is 0 Å². The van der Waals surface area contributed by atoms with Gasteiger partial charge in [-0.2, -0.15) is 30.9 Å². The topological polar surface area (TPSA) is 59.0 Å². The first kappa shape index (κ1) is 27.1. The van der Waals surface area contributed by atoms with E-state index < -0.39 is 18.3 Å². The van der Waals surface area contributed by atoms with Gasteiger partial charge in [0.25, 0.3) is 5.91 Å². The lowest BCUT2D eigenvalue weighted by molar-refractivity contribution is -0.173. The minimum atomic E-state index is -4.46. The van der Waals surface area contributed by atoms with Crippen LogP contribution in [0, 0.1) is 0 Å². The van der Waals surface area contributed by atoms with Gasteiger partial charge in [0.2, 0.25) is 0 Å². The standard InChI is InChI=1S/C23H31F3N4O.CH4S/c1-3-5-6-10-13-17(4-2)28-22(31)18-15-27-30-20(23(24,25)26)14-19(29-21(18)30)16-11-8-7-9-12-16;1-2/h7-9,11-12,15,17,19-20,29H,3-6,10,13-14H2,1-2H3,(H,28,31);2H,1H3. The van der Waals surface area contributed by atoms with Crippen LogP contribution in [0.5, 0.6) is 0 Å². The zero-order valence-corrected chi connectivity index (χ0v) is 20.4. The van der Waals surface area contributed by atoms with E-state index >= 15 is 0 Å². The second-order valence-corrected chi connectivity index (χ2v) is 8.18. The van der Waals surface area contributed by atoms with Crippen LogP contribution in [-0.4, -0.2) is 34.2 Å². The Kier molecular flexibility index (Phi) is 10.6. The fourth-order valence-corrected chi connectivity index (χ4v) is 4.09. The molecule has 2 heterocycles. The van der Waals surface area contributed by atoms with Gasteiger partial charge in [0, 0.05) is 12.5 Å². The second-order valence-electron chi connectivity index (χ2n) is 8.18. The minimum Gasteiger partial charge on any atom is -0.363 e. The number of aromatic nitrogens is 2. The van der Waals surface area contributed by atoms with Crippen molar-refractivity contribution in [1.82, 2.24) is 15.1 Å². The zero-order chi connectivity index (χ0) is 24.4. The van der Waals surface area contributed by atoms with Crippen molar-refractivity contribution in [3.8, 4) is 0 Å². The number of nitrogens with zero attached hydrogens (tertiary/aromatic N) is 2. The summed E-state index contributed by atoms with van der Waals surface area (Å²) < 4.78 is 42.3. The first-order valence-corrected chi connectivity index (χ1v) is 12.5. The molecule has 33 heavy (non-hydrogen) atoms. The summed E-state index contributed by atoms with van der Waals surface area (Å²) in [5.41, 5.74) is 0.903. The Labute approximate surface area is 199 Å². The maximum Gasteiger partial charge on any atom is 0.410 e. The molecule has 1 aromatic heterocycles. The summed E-state index contributed by atoms with van der Waals surface area (Å²) in [6.45, 7) is 4.15. The summed E-state index contributed by atoms with van der Waals surface area (Å²) in [4.78, 5) is 12.9. The number of benzene rings is 1. The molecule has 3 atom stereocenters. The Morgan fingerprint density at radius 2 is 1.91 bits per heavy atom. The molecule has 1 aliphatic heterocycles. The lowest BCUT2D eigenvalue weighted by Gasteiger charge is -2.34. The van der Waals surface area contributed by atoms with Crippen molar-refractivity contribution < 1.29 is 18.0 Å². The van der Waals surface area contributed by atoms with E-state index in [0.29, 0.717) is 0 Å². The van der Waals surface area contributed by atoms with E-state index in [9.17, 15) is 18.0 Å². The molecule has 0 bridgehead atoms. The van der Waals surface area contributed by atoms with Crippen LogP contribution < -0.4 is 10.6 Å². The predicted octanol–water partition coefficient (Wildman–Crippen LogP) is 6.57. The number of fused-ring (bicyclic) bond motifs is 1. The average Bonchev–Trinajstić information content (AvgIpc) is 3.25. The number of amides is 1. The number of hydrogen-bond donors (Lipinski definition) is 3. The number of carbonyl (C=O) groups is 1. The van der Waals surface area contributed by atoms with Crippen LogP contribution >= 0.6 is 12.6 Å². The highest BCUT2D eigenvalue weighted by molar-refractivity contribution is 7.79. The van der Waals surface area contributed by atoms with Gasteiger partial charge in [0.15, 0.2) is 6.04 Å². The lowest BCUT2D eigenvalue weighted by atomic mass is 9.96. The summed E-state index contributed by atoms with van der Waals surface area (Å²) in [5, 5.41) is 10.1. The molecule has 0 saturated carbocycles. The number of rotatable bonds is 9. The predicted molar refractivity (Wildman–Crippen MR) is 130 cm³/mol. The van der Waals surface area contributed by atoms with E-state index in [4.69, 9.17) is 0 Å². The number of carbonyl (C=O) groups excluding carboxylic acids is 1. The largest absolute Gasteiger partial charge is 0.410 e. The molecule has 3 rings (SSSR count). The van der Waals surface area contributed by atoms with Crippen molar-refractivity contribution >= 4 is 24.4 Å². The molecule has 1 aliphatic rings. The number of unbranched alkanes of at least 4 members (excludes halogenated alkanes) is 3. The van der Waals surface area contributed by atoms with Crippen molar-refractivity contribution in [2.75, 3.05) is 11.6 Å². The summed E-state index contributed by atoms with van der Waals surface area (Å²) in [7, 11) is 0. The van der Waals surface area contributed by atoms with Crippen molar-refractivity contribution in [2.45, 2.75) is 83.1 Å². The number of hydrogen-bond acceptors (Lipinski definition) is 4. The Hall–Kier alpha value is -2.16. The zero-order valence-electron chi connectivity index (χ0n) is 19.5. The molecule has 2 N–H and O–H groups in total. The monoisotopic (exact) mass is 484 g/mol. The van der Waals surface area contributed by atoms with E-state index in [1.54, 1.807) is 30.5 Å². The molecule has 1 amide bonds. The molecule has 3 unspecified atom stereocenters. The summed E-state index contributed by atoms with van der Waals surface area (Å²) >= 11 is 3.53. The van der Waals surface area contributed by atoms with Gasteiger partial charge in [-0.15, -0.1) is 0 Å². The average molecular weight is 485 g/mol. The van der Waals surface area contributed by atoms with Crippen LogP contribution in [0.15, 0.2) is 36.5 Å². The molecule has 0 saturated heterocycles. The molecular weight excluding hydrogens is 449 g/mol. The molecule has 0 fully saturated rings. The molecule has 0 aliphatic carbocycles. The normalized spacial score (nSPS) is 18.4.